The average Bonchev–Trinajstić information content (AvgIpc) is 2.49. The van der Waals surface area contributed by atoms with Gasteiger partial charge in [0, 0.05) is 25.4 Å². The van der Waals surface area contributed by atoms with Crippen LogP contribution in [-0.2, 0) is 9.59 Å². The molecule has 0 aromatic carbocycles. The number of hydrogen-bond acceptors (Lipinski definition) is 2. The fraction of sp³-hybridized carbons (Fsp3) is 0.882. The lowest BCUT2D eigenvalue weighted by Gasteiger charge is -2.29. The molecule has 2 amide bonds. The van der Waals surface area contributed by atoms with E-state index < -0.39 is 0 Å². The SMILES string of the molecule is CNC(=O)C1CCC(NC(=O)CC2CCC(C)CC2)CC1. The van der Waals surface area contributed by atoms with Crippen LogP contribution in [0.4, 0.5) is 0 Å². The molecule has 0 atom stereocenters. The van der Waals surface area contributed by atoms with Crippen LogP contribution in [0, 0.1) is 17.8 Å². The van der Waals surface area contributed by atoms with Crippen LogP contribution in [0.25, 0.3) is 0 Å². The van der Waals surface area contributed by atoms with Gasteiger partial charge in [0.15, 0.2) is 0 Å². The van der Waals surface area contributed by atoms with Gasteiger partial charge in [-0.3, -0.25) is 9.59 Å². The molecule has 2 fully saturated rings. The molecular weight excluding hydrogens is 264 g/mol. The largest absolute Gasteiger partial charge is 0.359 e. The molecule has 2 saturated carbocycles. The number of hydrogen-bond donors (Lipinski definition) is 2. The lowest BCUT2D eigenvalue weighted by Crippen LogP contribution is -2.40. The monoisotopic (exact) mass is 294 g/mol. The first kappa shape index (κ1) is 16.3. The summed E-state index contributed by atoms with van der Waals surface area (Å²) in [6.45, 7) is 2.31. The zero-order chi connectivity index (χ0) is 15.2. The lowest BCUT2D eigenvalue weighted by atomic mass is 9.81. The molecule has 4 heteroatoms. The Kier molecular flexibility index (Phi) is 6.07. The van der Waals surface area contributed by atoms with Crippen molar-refractivity contribution in [1.82, 2.24) is 10.6 Å². The lowest BCUT2D eigenvalue weighted by molar-refractivity contribution is -0.125. The van der Waals surface area contributed by atoms with Crippen LogP contribution in [0.1, 0.15) is 64.7 Å². The summed E-state index contributed by atoms with van der Waals surface area (Å²) in [4.78, 5) is 23.7. The molecular formula is C17H30N2O2. The van der Waals surface area contributed by atoms with Crippen molar-refractivity contribution in [3.8, 4) is 0 Å². The molecule has 0 unspecified atom stereocenters. The maximum Gasteiger partial charge on any atom is 0.222 e. The summed E-state index contributed by atoms with van der Waals surface area (Å²) < 4.78 is 0. The molecule has 2 aliphatic rings. The van der Waals surface area contributed by atoms with Gasteiger partial charge in [0.05, 0.1) is 0 Å². The Labute approximate surface area is 128 Å². The van der Waals surface area contributed by atoms with E-state index in [1.165, 1.54) is 25.7 Å². The molecule has 4 nitrogen and oxygen atoms in total. The van der Waals surface area contributed by atoms with Crippen LogP contribution < -0.4 is 10.6 Å². The summed E-state index contributed by atoms with van der Waals surface area (Å²) in [5.74, 6) is 1.93. The van der Waals surface area contributed by atoms with Gasteiger partial charge in [-0.1, -0.05) is 19.8 Å². The number of carbonyl (C=O) groups excluding carboxylic acids is 2. The fourth-order valence-corrected chi connectivity index (χ4v) is 3.79. The normalized spacial score (nSPS) is 33.2. The Balaban J connectivity index is 1.66. The fourth-order valence-electron chi connectivity index (χ4n) is 3.79. The first-order valence-electron chi connectivity index (χ1n) is 8.59. The Morgan fingerprint density at radius 3 is 2.14 bits per heavy atom. The maximum absolute atomic E-state index is 12.1. The Bertz CT molecular complexity index is 354. The zero-order valence-corrected chi connectivity index (χ0v) is 13.5. The third-order valence-corrected chi connectivity index (χ3v) is 5.32. The van der Waals surface area contributed by atoms with Gasteiger partial charge < -0.3 is 10.6 Å². The van der Waals surface area contributed by atoms with Gasteiger partial charge in [0.1, 0.15) is 0 Å². The van der Waals surface area contributed by atoms with Crippen LogP contribution >= 0.6 is 0 Å². The van der Waals surface area contributed by atoms with Gasteiger partial charge in [-0.15, -0.1) is 0 Å². The van der Waals surface area contributed by atoms with Crippen molar-refractivity contribution in [3.05, 3.63) is 0 Å². The number of rotatable bonds is 4. The van der Waals surface area contributed by atoms with Gasteiger partial charge in [-0.05, 0) is 50.4 Å². The minimum Gasteiger partial charge on any atom is -0.359 e. The molecule has 21 heavy (non-hydrogen) atoms. The van der Waals surface area contributed by atoms with Crippen molar-refractivity contribution >= 4 is 11.8 Å². The highest BCUT2D eigenvalue weighted by atomic mass is 16.2. The molecule has 0 aromatic rings. The summed E-state index contributed by atoms with van der Waals surface area (Å²) in [6, 6.07) is 0.279. The number of nitrogens with one attached hydrogen (secondary N) is 2. The standard InChI is InChI=1S/C17H30N2O2/c1-12-3-5-13(6-4-12)11-16(20)19-15-9-7-14(8-10-15)17(21)18-2/h12-15H,3-11H2,1-2H3,(H,18,21)(H,19,20). The Morgan fingerprint density at radius 1 is 0.952 bits per heavy atom. The summed E-state index contributed by atoms with van der Waals surface area (Å²) in [6.07, 6.45) is 9.32. The van der Waals surface area contributed by atoms with E-state index in [2.05, 4.69) is 17.6 Å². The molecule has 0 radical (unpaired) electrons. The highest BCUT2D eigenvalue weighted by Gasteiger charge is 2.27. The quantitative estimate of drug-likeness (QED) is 0.837. The van der Waals surface area contributed by atoms with Crippen molar-refractivity contribution in [3.63, 3.8) is 0 Å². The van der Waals surface area contributed by atoms with E-state index in [1.807, 2.05) is 0 Å². The van der Waals surface area contributed by atoms with Gasteiger partial charge in [-0.25, -0.2) is 0 Å². The highest BCUT2D eigenvalue weighted by molar-refractivity contribution is 5.78. The van der Waals surface area contributed by atoms with Crippen molar-refractivity contribution in [2.75, 3.05) is 7.05 Å². The molecule has 2 N–H and O–H groups in total. The smallest absolute Gasteiger partial charge is 0.222 e. The molecule has 0 aliphatic heterocycles. The van der Waals surface area contributed by atoms with Crippen LogP contribution in [0.5, 0.6) is 0 Å². The summed E-state index contributed by atoms with van der Waals surface area (Å²) in [7, 11) is 1.70. The molecule has 2 aliphatic carbocycles. The first-order chi connectivity index (χ1) is 10.1. The van der Waals surface area contributed by atoms with Crippen LogP contribution in [0.3, 0.4) is 0 Å². The summed E-state index contributed by atoms with van der Waals surface area (Å²) >= 11 is 0. The van der Waals surface area contributed by atoms with E-state index in [9.17, 15) is 9.59 Å². The first-order valence-corrected chi connectivity index (χ1v) is 8.59. The Hall–Kier alpha value is -1.06. The second-order valence-electron chi connectivity index (χ2n) is 7.06. The van der Waals surface area contributed by atoms with E-state index in [0.717, 1.165) is 31.6 Å². The van der Waals surface area contributed by atoms with Gasteiger partial charge in [-0.2, -0.15) is 0 Å². The molecule has 0 saturated heterocycles. The molecule has 0 aromatic heterocycles. The number of amides is 2. The molecule has 0 heterocycles. The second kappa shape index (κ2) is 7.81. The van der Waals surface area contributed by atoms with Crippen molar-refractivity contribution in [2.45, 2.75) is 70.8 Å². The maximum atomic E-state index is 12.1. The number of carbonyl (C=O) groups is 2. The van der Waals surface area contributed by atoms with Gasteiger partial charge in [0.2, 0.25) is 11.8 Å². The van der Waals surface area contributed by atoms with Crippen LogP contribution in [0.15, 0.2) is 0 Å². The molecule has 0 spiro atoms. The van der Waals surface area contributed by atoms with Gasteiger partial charge >= 0.3 is 0 Å². The Morgan fingerprint density at radius 2 is 1.57 bits per heavy atom. The third-order valence-electron chi connectivity index (χ3n) is 5.32. The van der Waals surface area contributed by atoms with Gasteiger partial charge in [0.25, 0.3) is 0 Å². The molecule has 2 rings (SSSR count). The summed E-state index contributed by atoms with van der Waals surface area (Å²) in [5, 5.41) is 5.91. The third kappa shape index (κ3) is 5.01. The van der Waals surface area contributed by atoms with Crippen molar-refractivity contribution in [2.24, 2.45) is 17.8 Å². The zero-order valence-electron chi connectivity index (χ0n) is 13.5. The van der Waals surface area contributed by atoms with Crippen molar-refractivity contribution in [1.29, 1.82) is 0 Å². The highest BCUT2D eigenvalue weighted by Crippen LogP contribution is 2.30. The molecule has 120 valence electrons. The summed E-state index contributed by atoms with van der Waals surface area (Å²) in [5.41, 5.74) is 0. The topological polar surface area (TPSA) is 58.2 Å². The van der Waals surface area contributed by atoms with E-state index in [4.69, 9.17) is 0 Å². The predicted octanol–water partition coefficient (Wildman–Crippen LogP) is 2.62. The van der Waals surface area contributed by atoms with Crippen molar-refractivity contribution < 1.29 is 9.59 Å². The predicted molar refractivity (Wildman–Crippen MR) is 83.7 cm³/mol. The van der Waals surface area contributed by atoms with E-state index in [0.29, 0.717) is 12.3 Å². The average molecular weight is 294 g/mol. The second-order valence-corrected chi connectivity index (χ2v) is 7.06. The van der Waals surface area contributed by atoms with Crippen LogP contribution in [0.2, 0.25) is 0 Å². The van der Waals surface area contributed by atoms with E-state index in [1.54, 1.807) is 7.05 Å². The molecule has 0 bridgehead atoms. The van der Waals surface area contributed by atoms with Crippen LogP contribution in [-0.4, -0.2) is 24.9 Å². The van der Waals surface area contributed by atoms with E-state index in [-0.39, 0.29) is 23.8 Å². The minimum atomic E-state index is 0.142. The minimum absolute atomic E-state index is 0.142. The van der Waals surface area contributed by atoms with E-state index >= 15 is 0 Å².